The molecule has 2 amide bonds. The molecule has 1 aliphatic rings. The Morgan fingerprint density at radius 2 is 1.58 bits per heavy atom. The van der Waals surface area contributed by atoms with Gasteiger partial charge in [0.05, 0.1) is 7.11 Å². The molecule has 0 spiro atoms. The van der Waals surface area contributed by atoms with Crippen LogP contribution in [0.2, 0.25) is 0 Å². The minimum absolute atomic E-state index is 0.177. The van der Waals surface area contributed by atoms with E-state index >= 15 is 0 Å². The Morgan fingerprint density at radius 3 is 2.05 bits per heavy atom. The van der Waals surface area contributed by atoms with Crippen molar-refractivity contribution in [2.24, 2.45) is 0 Å². The molecule has 1 rings (SSSR count). The highest BCUT2D eigenvalue weighted by Crippen LogP contribution is 2.05. The van der Waals surface area contributed by atoms with Crippen molar-refractivity contribution in [3.05, 3.63) is 0 Å². The number of carbonyl (C=O) groups is 2. The van der Waals surface area contributed by atoms with Crippen molar-refractivity contribution in [3.8, 4) is 0 Å². The number of rotatable bonds is 5. The summed E-state index contributed by atoms with van der Waals surface area (Å²) in [5.74, 6) is 0.177. The molecule has 0 aromatic carbocycles. The quantitative estimate of drug-likeness (QED) is 0.736. The summed E-state index contributed by atoms with van der Waals surface area (Å²) in [7, 11) is 1.38. The zero-order valence-electron chi connectivity index (χ0n) is 12.2. The van der Waals surface area contributed by atoms with E-state index in [2.05, 4.69) is 23.5 Å². The van der Waals surface area contributed by atoms with E-state index in [-0.39, 0.29) is 12.0 Å². The lowest BCUT2D eigenvalue weighted by atomic mass is 10.2. The van der Waals surface area contributed by atoms with E-state index in [9.17, 15) is 9.59 Å². The molecule has 0 aromatic rings. The zero-order valence-corrected chi connectivity index (χ0v) is 12.2. The fourth-order valence-electron chi connectivity index (χ4n) is 2.22. The van der Waals surface area contributed by atoms with Gasteiger partial charge in [-0.25, -0.2) is 4.79 Å². The molecular formula is C13H25N3O3. The Kier molecular flexibility index (Phi) is 6.62. The summed E-state index contributed by atoms with van der Waals surface area (Å²) in [6, 6.07) is 0. The number of amides is 2. The molecule has 19 heavy (non-hydrogen) atoms. The first kappa shape index (κ1) is 15.8. The number of methoxy groups -OCH3 is 1. The lowest BCUT2D eigenvalue weighted by Gasteiger charge is -2.34. The summed E-state index contributed by atoms with van der Waals surface area (Å²) >= 11 is 0. The predicted molar refractivity (Wildman–Crippen MR) is 73.0 cm³/mol. The molecule has 0 atom stereocenters. The van der Waals surface area contributed by atoms with Gasteiger partial charge in [-0.15, -0.1) is 0 Å². The zero-order chi connectivity index (χ0) is 14.3. The number of nitrogens with zero attached hydrogens (tertiary/aromatic N) is 3. The second-order valence-electron chi connectivity index (χ2n) is 4.61. The van der Waals surface area contributed by atoms with Crippen LogP contribution in [0, 0.1) is 0 Å². The van der Waals surface area contributed by atoms with Gasteiger partial charge >= 0.3 is 6.09 Å². The molecule has 1 aliphatic heterocycles. The first-order chi connectivity index (χ1) is 9.12. The third kappa shape index (κ3) is 4.70. The summed E-state index contributed by atoms with van der Waals surface area (Å²) in [4.78, 5) is 29.1. The molecule has 1 heterocycles. The van der Waals surface area contributed by atoms with E-state index in [0.29, 0.717) is 32.6 Å². The van der Waals surface area contributed by atoms with Crippen LogP contribution in [-0.4, -0.2) is 79.6 Å². The van der Waals surface area contributed by atoms with Gasteiger partial charge in [-0.1, -0.05) is 13.8 Å². The number of hydrogen-bond acceptors (Lipinski definition) is 4. The fourth-order valence-corrected chi connectivity index (χ4v) is 2.22. The second kappa shape index (κ2) is 7.99. The highest BCUT2D eigenvalue weighted by Gasteiger charge is 2.24. The van der Waals surface area contributed by atoms with Crippen molar-refractivity contribution in [1.82, 2.24) is 14.7 Å². The normalized spacial score (nSPS) is 15.8. The van der Waals surface area contributed by atoms with E-state index in [1.165, 1.54) is 7.11 Å². The summed E-state index contributed by atoms with van der Waals surface area (Å²) in [6.45, 7) is 9.28. The predicted octanol–water partition coefficient (Wildman–Crippen LogP) is 0.629. The van der Waals surface area contributed by atoms with E-state index in [4.69, 9.17) is 0 Å². The van der Waals surface area contributed by atoms with E-state index in [1.54, 1.807) is 4.90 Å². The molecule has 110 valence electrons. The topological polar surface area (TPSA) is 53.1 Å². The van der Waals surface area contributed by atoms with E-state index < -0.39 is 0 Å². The Hall–Kier alpha value is -1.30. The van der Waals surface area contributed by atoms with Crippen molar-refractivity contribution < 1.29 is 14.3 Å². The largest absolute Gasteiger partial charge is 0.453 e. The third-order valence-corrected chi connectivity index (χ3v) is 3.60. The third-order valence-electron chi connectivity index (χ3n) is 3.60. The monoisotopic (exact) mass is 271 g/mol. The molecule has 0 N–H and O–H groups in total. The van der Waals surface area contributed by atoms with Crippen LogP contribution < -0.4 is 0 Å². The van der Waals surface area contributed by atoms with Crippen LogP contribution in [-0.2, 0) is 9.53 Å². The number of ether oxygens (including phenoxy) is 1. The van der Waals surface area contributed by atoms with Gasteiger partial charge in [-0.2, -0.15) is 0 Å². The van der Waals surface area contributed by atoms with Crippen LogP contribution in [0.5, 0.6) is 0 Å². The minimum Gasteiger partial charge on any atom is -0.453 e. The van der Waals surface area contributed by atoms with Crippen LogP contribution in [0.25, 0.3) is 0 Å². The number of piperazine rings is 1. The maximum absolute atomic E-state index is 12.0. The van der Waals surface area contributed by atoms with E-state index in [0.717, 1.165) is 19.6 Å². The van der Waals surface area contributed by atoms with Crippen LogP contribution in [0.1, 0.15) is 20.3 Å². The maximum atomic E-state index is 12.0. The summed E-state index contributed by atoms with van der Waals surface area (Å²) in [6.07, 6.45) is 0.245. The Morgan fingerprint density at radius 1 is 1.05 bits per heavy atom. The molecule has 0 aliphatic carbocycles. The van der Waals surface area contributed by atoms with E-state index in [1.807, 2.05) is 4.90 Å². The standard InChI is InChI=1S/C13H25N3O3/c1-4-14(5-2)7-6-12(17)15-8-10-16(11-9-15)13(18)19-3/h4-11H2,1-3H3. The van der Waals surface area contributed by atoms with Gasteiger partial charge in [0, 0.05) is 39.1 Å². The van der Waals surface area contributed by atoms with Crippen LogP contribution in [0.15, 0.2) is 0 Å². The smallest absolute Gasteiger partial charge is 0.409 e. The van der Waals surface area contributed by atoms with Crippen LogP contribution in [0.3, 0.4) is 0 Å². The Labute approximate surface area is 115 Å². The first-order valence-corrected chi connectivity index (χ1v) is 6.95. The maximum Gasteiger partial charge on any atom is 0.409 e. The van der Waals surface area contributed by atoms with Gasteiger partial charge in [0.1, 0.15) is 0 Å². The Bertz CT molecular complexity index is 298. The number of carbonyl (C=O) groups excluding carboxylic acids is 2. The van der Waals surface area contributed by atoms with Crippen molar-refractivity contribution in [1.29, 1.82) is 0 Å². The highest BCUT2D eigenvalue weighted by atomic mass is 16.5. The first-order valence-electron chi connectivity index (χ1n) is 6.95. The van der Waals surface area contributed by atoms with Crippen molar-refractivity contribution in [3.63, 3.8) is 0 Å². The summed E-state index contributed by atoms with van der Waals surface area (Å²) in [5.41, 5.74) is 0. The van der Waals surface area contributed by atoms with Gasteiger partial charge in [0.15, 0.2) is 0 Å². The molecule has 0 radical (unpaired) electrons. The molecule has 6 heteroatoms. The molecule has 0 bridgehead atoms. The van der Waals surface area contributed by atoms with Gasteiger partial charge in [0.2, 0.25) is 5.91 Å². The second-order valence-corrected chi connectivity index (χ2v) is 4.61. The van der Waals surface area contributed by atoms with Gasteiger partial charge in [-0.05, 0) is 13.1 Å². The molecule has 0 unspecified atom stereocenters. The van der Waals surface area contributed by atoms with Crippen molar-refractivity contribution >= 4 is 12.0 Å². The van der Waals surface area contributed by atoms with Crippen LogP contribution in [0.4, 0.5) is 4.79 Å². The number of hydrogen-bond donors (Lipinski definition) is 0. The van der Waals surface area contributed by atoms with Gasteiger partial charge in [-0.3, -0.25) is 4.79 Å². The SMILES string of the molecule is CCN(CC)CCC(=O)N1CCN(C(=O)OC)CC1. The van der Waals surface area contributed by atoms with Crippen molar-refractivity contribution in [2.45, 2.75) is 20.3 Å². The highest BCUT2D eigenvalue weighted by molar-refractivity contribution is 5.77. The summed E-state index contributed by atoms with van der Waals surface area (Å²) in [5, 5.41) is 0. The molecule has 1 saturated heterocycles. The lowest BCUT2D eigenvalue weighted by Crippen LogP contribution is -2.51. The average Bonchev–Trinajstić information content (AvgIpc) is 2.47. The Balaban J connectivity index is 2.30. The van der Waals surface area contributed by atoms with Gasteiger partial charge in [0.25, 0.3) is 0 Å². The molecular weight excluding hydrogens is 246 g/mol. The molecule has 1 fully saturated rings. The lowest BCUT2D eigenvalue weighted by molar-refractivity contribution is -0.133. The van der Waals surface area contributed by atoms with Crippen LogP contribution >= 0.6 is 0 Å². The molecule has 0 aromatic heterocycles. The minimum atomic E-state index is -0.310. The fraction of sp³-hybridized carbons (Fsp3) is 0.846. The van der Waals surface area contributed by atoms with Gasteiger partial charge < -0.3 is 19.4 Å². The average molecular weight is 271 g/mol. The summed E-state index contributed by atoms with van der Waals surface area (Å²) < 4.78 is 4.67. The molecule has 6 nitrogen and oxygen atoms in total. The molecule has 0 saturated carbocycles. The van der Waals surface area contributed by atoms with Crippen molar-refractivity contribution in [2.75, 3.05) is 52.9 Å².